The molecule has 2 saturated heterocycles. The van der Waals surface area contributed by atoms with Crippen LogP contribution in [0.4, 0.5) is 5.69 Å². The fourth-order valence-electron chi connectivity index (χ4n) is 9.12. The van der Waals surface area contributed by atoms with Crippen LogP contribution in [0.5, 0.6) is 0 Å². The second-order valence-corrected chi connectivity index (χ2v) is 13.6. The predicted octanol–water partition coefficient (Wildman–Crippen LogP) is 6.69. The number of morpholine rings is 1. The minimum atomic E-state index is 0.344. The van der Waals surface area contributed by atoms with Gasteiger partial charge in [-0.3, -0.25) is 4.79 Å². The number of fused-ring (bicyclic) bond motifs is 5. The van der Waals surface area contributed by atoms with Crippen molar-refractivity contribution >= 4 is 23.2 Å². The van der Waals surface area contributed by atoms with Crippen LogP contribution in [-0.4, -0.2) is 42.6 Å². The topological polar surface area (TPSA) is 29.5 Å². The van der Waals surface area contributed by atoms with Gasteiger partial charge in [0.05, 0.1) is 13.2 Å². The lowest BCUT2D eigenvalue weighted by Gasteiger charge is -2.55. The molecule has 5 atom stereocenters. The number of hydrogen-bond acceptors (Lipinski definition) is 4. The van der Waals surface area contributed by atoms with Gasteiger partial charge in [-0.05, 0) is 109 Å². The van der Waals surface area contributed by atoms with Crippen molar-refractivity contribution in [3.63, 3.8) is 0 Å². The Morgan fingerprint density at radius 3 is 2.63 bits per heavy atom. The van der Waals surface area contributed by atoms with Crippen molar-refractivity contribution in [3.8, 4) is 0 Å². The molecule has 3 nitrogen and oxygen atoms in total. The summed E-state index contributed by atoms with van der Waals surface area (Å²) in [6.07, 6.45) is 13.0. The Hall–Kier alpha value is -1.52. The second kappa shape index (κ2) is 8.52. The summed E-state index contributed by atoms with van der Waals surface area (Å²) in [6.45, 7) is 6.32. The number of rotatable bonds is 2. The van der Waals surface area contributed by atoms with Gasteiger partial charge in [-0.2, -0.15) is 11.8 Å². The van der Waals surface area contributed by atoms with E-state index in [1.807, 2.05) is 6.08 Å². The molecule has 2 heterocycles. The van der Waals surface area contributed by atoms with Gasteiger partial charge >= 0.3 is 0 Å². The Morgan fingerprint density at radius 2 is 1.86 bits per heavy atom. The number of ether oxygens (including phenoxy) is 1. The molecule has 0 N–H and O–H groups in total. The summed E-state index contributed by atoms with van der Waals surface area (Å²) in [7, 11) is 0. The van der Waals surface area contributed by atoms with Crippen LogP contribution in [-0.2, 0) is 9.53 Å². The number of ketones is 1. The number of anilines is 1. The van der Waals surface area contributed by atoms with Crippen molar-refractivity contribution < 1.29 is 9.53 Å². The predicted molar refractivity (Wildman–Crippen MR) is 144 cm³/mol. The van der Waals surface area contributed by atoms with E-state index in [9.17, 15) is 4.79 Å². The average molecular weight is 490 g/mol. The first kappa shape index (κ1) is 22.7. The van der Waals surface area contributed by atoms with E-state index in [4.69, 9.17) is 4.74 Å². The Morgan fingerprint density at radius 1 is 1.03 bits per heavy atom. The smallest absolute Gasteiger partial charge is 0.156 e. The Labute approximate surface area is 214 Å². The van der Waals surface area contributed by atoms with Crippen LogP contribution in [0, 0.1) is 17.3 Å². The lowest BCUT2D eigenvalue weighted by molar-refractivity contribution is -0.114. The number of benzene rings is 1. The summed E-state index contributed by atoms with van der Waals surface area (Å²) in [5.74, 6) is 3.73. The maximum absolute atomic E-state index is 12.3. The van der Waals surface area contributed by atoms with Gasteiger partial charge in [0.1, 0.15) is 0 Å². The maximum Gasteiger partial charge on any atom is 0.156 e. The van der Waals surface area contributed by atoms with Crippen molar-refractivity contribution in [2.24, 2.45) is 17.3 Å². The minimum Gasteiger partial charge on any atom is -0.378 e. The van der Waals surface area contributed by atoms with Crippen LogP contribution in [0.25, 0.3) is 0 Å². The highest BCUT2D eigenvalue weighted by atomic mass is 32.2. The van der Waals surface area contributed by atoms with E-state index in [-0.39, 0.29) is 0 Å². The lowest BCUT2D eigenvalue weighted by Crippen LogP contribution is -2.49. The zero-order chi connectivity index (χ0) is 23.6. The van der Waals surface area contributed by atoms with Gasteiger partial charge in [-0.25, -0.2) is 0 Å². The Kier molecular flexibility index (Phi) is 5.51. The molecule has 4 aliphatic carbocycles. The first-order valence-corrected chi connectivity index (χ1v) is 15.1. The molecule has 2 saturated carbocycles. The zero-order valence-electron chi connectivity index (χ0n) is 21.2. The number of nitrogens with zero attached hydrogens (tertiary/aromatic N) is 1. The summed E-state index contributed by atoms with van der Waals surface area (Å²) in [4.78, 5) is 14.8. The molecular weight excluding hydrogens is 450 g/mol. The van der Waals surface area contributed by atoms with Crippen molar-refractivity contribution in [2.75, 3.05) is 37.0 Å². The molecule has 35 heavy (non-hydrogen) atoms. The first-order chi connectivity index (χ1) is 17.1. The molecule has 7 rings (SSSR count). The van der Waals surface area contributed by atoms with E-state index in [2.05, 4.69) is 47.9 Å². The van der Waals surface area contributed by atoms with Crippen LogP contribution >= 0.6 is 11.8 Å². The summed E-state index contributed by atoms with van der Waals surface area (Å²) < 4.78 is 6.07. The molecule has 0 bridgehead atoms. The third kappa shape index (κ3) is 3.45. The molecule has 2 unspecified atom stereocenters. The van der Waals surface area contributed by atoms with E-state index in [0.29, 0.717) is 34.2 Å². The quantitative estimate of drug-likeness (QED) is 0.463. The number of carbonyl (C=O) groups is 1. The van der Waals surface area contributed by atoms with E-state index in [0.717, 1.165) is 45.1 Å². The van der Waals surface area contributed by atoms with Crippen molar-refractivity contribution in [3.05, 3.63) is 52.6 Å². The molecule has 1 aromatic carbocycles. The monoisotopic (exact) mass is 489 g/mol. The van der Waals surface area contributed by atoms with Gasteiger partial charge in [0.25, 0.3) is 0 Å². The highest BCUT2D eigenvalue weighted by molar-refractivity contribution is 8.01. The molecule has 6 aliphatic rings. The lowest BCUT2D eigenvalue weighted by atomic mass is 9.51. The average Bonchev–Trinajstić information content (AvgIpc) is 3.49. The molecule has 1 spiro atoms. The Balaban J connectivity index is 1.32. The normalized spacial score (nSPS) is 38.9. The molecule has 1 aromatic rings. The highest BCUT2D eigenvalue weighted by Gasteiger charge is 2.63. The van der Waals surface area contributed by atoms with E-state index in [1.165, 1.54) is 61.1 Å². The van der Waals surface area contributed by atoms with Gasteiger partial charge in [0.2, 0.25) is 0 Å². The second-order valence-electron chi connectivity index (χ2n) is 12.2. The van der Waals surface area contributed by atoms with Crippen LogP contribution < -0.4 is 4.90 Å². The SMILES string of the molecule is C[C@]12C[C@H](c3ccc(N4CCOCC4)cc3)C3=C4CCC(=O)C=C4CCC3C1CC[C@@]21CCCS1. The van der Waals surface area contributed by atoms with Crippen molar-refractivity contribution in [2.45, 2.75) is 75.4 Å². The summed E-state index contributed by atoms with van der Waals surface area (Å²) >= 11 is 2.33. The molecule has 186 valence electrons. The van der Waals surface area contributed by atoms with E-state index < -0.39 is 0 Å². The Bertz CT molecular complexity index is 1080. The van der Waals surface area contributed by atoms with E-state index >= 15 is 0 Å². The molecule has 0 radical (unpaired) electrons. The molecule has 2 aliphatic heterocycles. The number of carbonyl (C=O) groups excluding carboxylic acids is 1. The summed E-state index contributed by atoms with van der Waals surface area (Å²) in [5.41, 5.74) is 7.98. The van der Waals surface area contributed by atoms with Crippen LogP contribution in [0.15, 0.2) is 47.1 Å². The molecule has 4 heteroatoms. The van der Waals surface area contributed by atoms with Gasteiger partial charge in [-0.15, -0.1) is 0 Å². The number of thioether (sulfide) groups is 1. The molecule has 0 aromatic heterocycles. The maximum atomic E-state index is 12.3. The minimum absolute atomic E-state index is 0.344. The summed E-state index contributed by atoms with van der Waals surface area (Å²) in [5, 5.41) is 0. The standard InChI is InChI=1S/C31H39NO2S/c1-30-20-27(21-3-6-23(7-4-21)32-14-16-34-17-15-32)29-25-10-8-24(33)19-22(25)5-9-26(29)28(30)11-13-31(30)12-2-18-35-31/h3-4,6-7,19,26-28H,2,5,8-18,20H2,1H3/t26?,27-,28?,30+,31+/m1/s1. The highest BCUT2D eigenvalue weighted by Crippen LogP contribution is 2.72. The van der Waals surface area contributed by atoms with Gasteiger partial charge < -0.3 is 9.64 Å². The van der Waals surface area contributed by atoms with Gasteiger partial charge in [0.15, 0.2) is 5.78 Å². The first-order valence-electron chi connectivity index (χ1n) is 14.1. The van der Waals surface area contributed by atoms with Crippen molar-refractivity contribution in [1.82, 2.24) is 0 Å². The number of hydrogen-bond donors (Lipinski definition) is 0. The molecular formula is C31H39NO2S. The third-order valence-electron chi connectivity index (χ3n) is 10.8. The van der Waals surface area contributed by atoms with Crippen LogP contribution in [0.1, 0.15) is 76.2 Å². The van der Waals surface area contributed by atoms with Crippen molar-refractivity contribution in [1.29, 1.82) is 0 Å². The van der Waals surface area contributed by atoms with Crippen LogP contribution in [0.2, 0.25) is 0 Å². The zero-order valence-corrected chi connectivity index (χ0v) is 22.0. The fourth-order valence-corrected chi connectivity index (χ4v) is 10.9. The van der Waals surface area contributed by atoms with Crippen LogP contribution in [0.3, 0.4) is 0 Å². The summed E-state index contributed by atoms with van der Waals surface area (Å²) in [6, 6.07) is 9.63. The van der Waals surface area contributed by atoms with Gasteiger partial charge in [0, 0.05) is 35.9 Å². The third-order valence-corrected chi connectivity index (χ3v) is 12.7. The molecule has 4 fully saturated rings. The molecule has 0 amide bonds. The van der Waals surface area contributed by atoms with Gasteiger partial charge in [-0.1, -0.05) is 24.6 Å². The largest absolute Gasteiger partial charge is 0.378 e. The number of allylic oxidation sites excluding steroid dienone is 4. The fraction of sp³-hybridized carbons (Fsp3) is 0.645. The van der Waals surface area contributed by atoms with E-state index in [1.54, 1.807) is 11.1 Å².